The first kappa shape index (κ1) is 18.9. The third-order valence-electron chi connectivity index (χ3n) is 3.76. The summed E-state index contributed by atoms with van der Waals surface area (Å²) in [5.41, 5.74) is 2.42. The standard InChI is InChI=1S/C19H18N2O4S2/c1-13-4-9-17(22)16(11-13)20-18(23)12-14-5-7-15(8-6-14)21-27(24,25)19-3-2-10-26-19/h2-11,21-22H,12H2,1H3,(H,20,23). The predicted molar refractivity (Wildman–Crippen MR) is 107 cm³/mol. The van der Waals surface area contributed by atoms with Gasteiger partial charge < -0.3 is 10.4 Å². The Morgan fingerprint density at radius 3 is 2.52 bits per heavy atom. The lowest BCUT2D eigenvalue weighted by Gasteiger charge is -2.09. The zero-order valence-corrected chi connectivity index (χ0v) is 16.1. The minimum absolute atomic E-state index is 0.00674. The minimum atomic E-state index is -3.59. The molecule has 0 radical (unpaired) electrons. The number of anilines is 2. The fourth-order valence-electron chi connectivity index (χ4n) is 2.44. The number of thiophene rings is 1. The molecule has 1 heterocycles. The van der Waals surface area contributed by atoms with Crippen LogP contribution >= 0.6 is 11.3 Å². The first-order valence-electron chi connectivity index (χ1n) is 8.08. The van der Waals surface area contributed by atoms with E-state index in [4.69, 9.17) is 0 Å². The van der Waals surface area contributed by atoms with E-state index in [0.29, 0.717) is 11.4 Å². The molecule has 0 spiro atoms. The molecule has 3 N–H and O–H groups in total. The van der Waals surface area contributed by atoms with Gasteiger partial charge in [0.1, 0.15) is 9.96 Å². The number of hydrogen-bond donors (Lipinski definition) is 3. The number of phenols is 1. The summed E-state index contributed by atoms with van der Waals surface area (Å²) in [5.74, 6) is -0.268. The van der Waals surface area contributed by atoms with E-state index in [0.717, 1.165) is 22.5 Å². The molecule has 1 amide bonds. The van der Waals surface area contributed by atoms with Crippen LogP contribution in [0.5, 0.6) is 5.75 Å². The number of aromatic hydroxyl groups is 1. The summed E-state index contributed by atoms with van der Waals surface area (Å²) in [4.78, 5) is 12.2. The molecule has 0 atom stereocenters. The Balaban J connectivity index is 1.64. The average Bonchev–Trinajstić information content (AvgIpc) is 3.15. The van der Waals surface area contributed by atoms with Crippen molar-refractivity contribution in [3.8, 4) is 5.75 Å². The lowest BCUT2D eigenvalue weighted by atomic mass is 10.1. The Morgan fingerprint density at radius 1 is 1.11 bits per heavy atom. The summed E-state index contributed by atoms with van der Waals surface area (Å²) in [6.07, 6.45) is 0.103. The van der Waals surface area contributed by atoms with E-state index in [1.165, 1.54) is 12.1 Å². The molecule has 0 aliphatic carbocycles. The lowest BCUT2D eigenvalue weighted by Crippen LogP contribution is -2.15. The van der Waals surface area contributed by atoms with Crippen LogP contribution in [0.2, 0.25) is 0 Å². The van der Waals surface area contributed by atoms with E-state index in [1.54, 1.807) is 47.8 Å². The molecule has 0 fully saturated rings. The average molecular weight is 402 g/mol. The van der Waals surface area contributed by atoms with Crippen LogP contribution in [0.3, 0.4) is 0 Å². The monoisotopic (exact) mass is 402 g/mol. The molecule has 0 unspecified atom stereocenters. The molecule has 0 saturated carbocycles. The van der Waals surface area contributed by atoms with Crippen molar-refractivity contribution in [1.82, 2.24) is 0 Å². The zero-order valence-electron chi connectivity index (χ0n) is 14.5. The summed E-state index contributed by atoms with van der Waals surface area (Å²) in [6.45, 7) is 1.87. The molecule has 0 saturated heterocycles. The van der Waals surface area contributed by atoms with Gasteiger partial charge in [-0.2, -0.15) is 0 Å². The van der Waals surface area contributed by atoms with Crippen LogP contribution in [0.1, 0.15) is 11.1 Å². The highest BCUT2D eigenvalue weighted by atomic mass is 32.2. The van der Waals surface area contributed by atoms with Crippen molar-refractivity contribution in [2.24, 2.45) is 0 Å². The SMILES string of the molecule is Cc1ccc(O)c(NC(=O)Cc2ccc(NS(=O)(=O)c3cccs3)cc2)c1. The number of phenolic OH excluding ortho intramolecular Hbond substituents is 1. The van der Waals surface area contributed by atoms with Crippen molar-refractivity contribution in [1.29, 1.82) is 0 Å². The number of nitrogens with one attached hydrogen (secondary N) is 2. The molecule has 140 valence electrons. The fraction of sp³-hybridized carbons (Fsp3) is 0.105. The summed E-state index contributed by atoms with van der Waals surface area (Å²) in [6, 6.07) is 14.8. The van der Waals surface area contributed by atoms with Gasteiger partial charge >= 0.3 is 0 Å². The quantitative estimate of drug-likeness (QED) is 0.547. The van der Waals surface area contributed by atoms with E-state index in [9.17, 15) is 18.3 Å². The van der Waals surface area contributed by atoms with Crippen LogP contribution in [0.4, 0.5) is 11.4 Å². The van der Waals surface area contributed by atoms with E-state index >= 15 is 0 Å². The van der Waals surface area contributed by atoms with Crippen molar-refractivity contribution in [3.63, 3.8) is 0 Å². The number of carbonyl (C=O) groups excluding carboxylic acids is 1. The van der Waals surface area contributed by atoms with Crippen LogP contribution in [0.15, 0.2) is 64.2 Å². The molecule has 0 aliphatic heterocycles. The van der Waals surface area contributed by atoms with Gasteiger partial charge in [-0.05, 0) is 53.8 Å². The van der Waals surface area contributed by atoms with Gasteiger partial charge in [0, 0.05) is 5.69 Å². The van der Waals surface area contributed by atoms with Crippen LogP contribution in [-0.2, 0) is 21.2 Å². The van der Waals surface area contributed by atoms with Gasteiger partial charge in [-0.1, -0.05) is 24.3 Å². The van der Waals surface area contributed by atoms with Crippen molar-refractivity contribution in [2.45, 2.75) is 17.6 Å². The number of hydrogen-bond acceptors (Lipinski definition) is 5. The largest absolute Gasteiger partial charge is 0.506 e. The van der Waals surface area contributed by atoms with Crippen LogP contribution < -0.4 is 10.0 Å². The van der Waals surface area contributed by atoms with Crippen LogP contribution in [-0.4, -0.2) is 19.4 Å². The van der Waals surface area contributed by atoms with Crippen molar-refractivity contribution in [2.75, 3.05) is 10.0 Å². The highest BCUT2D eigenvalue weighted by Crippen LogP contribution is 2.24. The Labute approximate surface area is 161 Å². The highest BCUT2D eigenvalue weighted by molar-refractivity contribution is 7.94. The second-order valence-corrected chi connectivity index (χ2v) is 8.84. The van der Waals surface area contributed by atoms with E-state index in [-0.39, 0.29) is 22.3 Å². The number of aryl methyl sites for hydroxylation is 1. The Bertz CT molecular complexity index is 1040. The van der Waals surface area contributed by atoms with Gasteiger partial charge in [0.2, 0.25) is 5.91 Å². The minimum Gasteiger partial charge on any atom is -0.506 e. The van der Waals surface area contributed by atoms with Crippen molar-refractivity contribution < 1.29 is 18.3 Å². The molecular formula is C19H18N2O4S2. The van der Waals surface area contributed by atoms with Gasteiger partial charge in [0.25, 0.3) is 10.0 Å². The molecular weight excluding hydrogens is 384 g/mol. The maximum Gasteiger partial charge on any atom is 0.271 e. The first-order valence-corrected chi connectivity index (χ1v) is 10.4. The molecule has 27 heavy (non-hydrogen) atoms. The number of carbonyl (C=O) groups is 1. The van der Waals surface area contributed by atoms with E-state index in [2.05, 4.69) is 10.0 Å². The summed E-state index contributed by atoms with van der Waals surface area (Å²) >= 11 is 1.14. The van der Waals surface area contributed by atoms with Gasteiger partial charge in [-0.25, -0.2) is 8.42 Å². The molecule has 0 bridgehead atoms. The maximum atomic E-state index is 12.2. The molecule has 1 aromatic heterocycles. The number of rotatable bonds is 6. The third-order valence-corrected chi connectivity index (χ3v) is 6.54. The molecule has 8 heteroatoms. The molecule has 6 nitrogen and oxygen atoms in total. The summed E-state index contributed by atoms with van der Waals surface area (Å²) in [7, 11) is -3.59. The lowest BCUT2D eigenvalue weighted by molar-refractivity contribution is -0.115. The number of amides is 1. The highest BCUT2D eigenvalue weighted by Gasteiger charge is 2.15. The molecule has 2 aromatic carbocycles. The molecule has 3 aromatic rings. The van der Waals surface area contributed by atoms with Crippen molar-refractivity contribution >= 4 is 38.6 Å². The normalized spacial score (nSPS) is 11.1. The van der Waals surface area contributed by atoms with E-state index < -0.39 is 10.0 Å². The second kappa shape index (κ2) is 7.81. The Hall–Kier alpha value is -2.84. The number of sulfonamides is 1. The van der Waals surface area contributed by atoms with E-state index in [1.807, 2.05) is 6.92 Å². The van der Waals surface area contributed by atoms with Crippen LogP contribution in [0, 0.1) is 6.92 Å². The van der Waals surface area contributed by atoms with Gasteiger partial charge in [-0.3, -0.25) is 9.52 Å². The van der Waals surface area contributed by atoms with Crippen molar-refractivity contribution in [3.05, 3.63) is 71.1 Å². The van der Waals surface area contributed by atoms with Gasteiger partial charge in [0.15, 0.2) is 0 Å². The Kier molecular flexibility index (Phi) is 5.48. The second-order valence-electron chi connectivity index (χ2n) is 5.98. The predicted octanol–water partition coefficient (Wildman–Crippen LogP) is 3.74. The zero-order chi connectivity index (χ0) is 19.4. The van der Waals surface area contributed by atoms with Crippen LogP contribution in [0.25, 0.3) is 0 Å². The molecule has 0 aliphatic rings. The summed E-state index contributed by atoms with van der Waals surface area (Å²) < 4.78 is 27.1. The topological polar surface area (TPSA) is 95.5 Å². The maximum absolute atomic E-state index is 12.2. The fourth-order valence-corrected chi connectivity index (χ4v) is 4.49. The Morgan fingerprint density at radius 2 is 1.85 bits per heavy atom. The number of benzene rings is 2. The van der Waals surface area contributed by atoms with Gasteiger partial charge in [-0.15, -0.1) is 11.3 Å². The smallest absolute Gasteiger partial charge is 0.271 e. The molecule has 3 rings (SSSR count). The summed E-state index contributed by atoms with van der Waals surface area (Å²) in [5, 5.41) is 14.2. The first-order chi connectivity index (χ1) is 12.8. The van der Waals surface area contributed by atoms with Gasteiger partial charge in [0.05, 0.1) is 12.1 Å². The third kappa shape index (κ3) is 4.87.